The fourth-order valence-corrected chi connectivity index (χ4v) is 3.23. The van der Waals surface area contributed by atoms with Crippen LogP contribution in [0.5, 0.6) is 0 Å². The Kier molecular flexibility index (Phi) is 7.76. The van der Waals surface area contributed by atoms with Crippen LogP contribution in [-0.4, -0.2) is 22.1 Å². The first-order valence-electron chi connectivity index (χ1n) is 10.8. The van der Waals surface area contributed by atoms with Gasteiger partial charge in [0.1, 0.15) is 5.82 Å². The van der Waals surface area contributed by atoms with Crippen LogP contribution >= 0.6 is 0 Å². The topological polar surface area (TPSA) is 76.0 Å². The maximum Gasteiger partial charge on any atom is 0.277 e. The standard InChI is InChI=1S/C20H21FN4O2.C4H8/c1-3-8-24-25-13(2)18(17-12-22-9-7-16(17)20(25)27)19(26)23-11-14-5-4-6-15(21)10-14;1-2-4-3-1/h4-7,9-10,12,24H,3,8,11H2,1-2H3,(H,23,26);1-4H2. The summed E-state index contributed by atoms with van der Waals surface area (Å²) in [7, 11) is 0. The molecule has 0 saturated heterocycles. The van der Waals surface area contributed by atoms with Crippen LogP contribution in [0.1, 0.15) is 60.6 Å². The van der Waals surface area contributed by atoms with Crippen molar-refractivity contribution in [3.63, 3.8) is 0 Å². The monoisotopic (exact) mass is 424 g/mol. The number of pyridine rings is 2. The Morgan fingerprint density at radius 1 is 1.16 bits per heavy atom. The number of carbonyl (C=O) groups is 1. The Morgan fingerprint density at radius 3 is 2.55 bits per heavy atom. The number of carbonyl (C=O) groups excluding carboxylic acids is 1. The molecule has 0 unspecified atom stereocenters. The molecule has 4 rings (SSSR count). The lowest BCUT2D eigenvalue weighted by Gasteiger charge is -2.18. The fourth-order valence-electron chi connectivity index (χ4n) is 3.23. The van der Waals surface area contributed by atoms with E-state index >= 15 is 0 Å². The summed E-state index contributed by atoms with van der Waals surface area (Å²) in [6.07, 6.45) is 9.88. The molecule has 164 valence electrons. The summed E-state index contributed by atoms with van der Waals surface area (Å²) in [6.45, 7) is 4.49. The highest BCUT2D eigenvalue weighted by Crippen LogP contribution is 2.18. The van der Waals surface area contributed by atoms with Crippen molar-refractivity contribution in [1.29, 1.82) is 0 Å². The van der Waals surface area contributed by atoms with Gasteiger partial charge in [0.05, 0.1) is 16.6 Å². The van der Waals surface area contributed by atoms with Gasteiger partial charge < -0.3 is 10.7 Å². The van der Waals surface area contributed by atoms with Crippen LogP contribution in [0.25, 0.3) is 10.8 Å². The van der Waals surface area contributed by atoms with Crippen LogP contribution in [0.15, 0.2) is 47.5 Å². The van der Waals surface area contributed by atoms with E-state index in [2.05, 4.69) is 15.7 Å². The van der Waals surface area contributed by atoms with E-state index in [1.54, 1.807) is 25.1 Å². The first-order chi connectivity index (χ1) is 15.0. The Bertz CT molecular complexity index is 1100. The van der Waals surface area contributed by atoms with Crippen molar-refractivity contribution in [2.24, 2.45) is 0 Å². The molecule has 1 saturated carbocycles. The number of halogens is 1. The molecule has 0 spiro atoms. The third kappa shape index (κ3) is 5.48. The number of aromatic nitrogens is 2. The van der Waals surface area contributed by atoms with Crippen molar-refractivity contribution < 1.29 is 9.18 Å². The van der Waals surface area contributed by atoms with Gasteiger partial charge in [-0.05, 0) is 37.1 Å². The lowest BCUT2D eigenvalue weighted by Crippen LogP contribution is -2.35. The molecular weight excluding hydrogens is 395 g/mol. The lowest BCUT2D eigenvalue weighted by molar-refractivity contribution is 0.0951. The smallest absolute Gasteiger partial charge is 0.277 e. The molecule has 1 aliphatic carbocycles. The number of nitrogens with one attached hydrogen (secondary N) is 2. The van der Waals surface area contributed by atoms with Crippen LogP contribution in [0.4, 0.5) is 4.39 Å². The van der Waals surface area contributed by atoms with E-state index in [1.807, 2.05) is 6.92 Å². The summed E-state index contributed by atoms with van der Waals surface area (Å²) in [5.74, 6) is -0.702. The molecule has 2 aromatic heterocycles. The van der Waals surface area contributed by atoms with Crippen LogP contribution in [0.2, 0.25) is 0 Å². The number of rotatable bonds is 6. The van der Waals surface area contributed by atoms with E-state index in [1.165, 1.54) is 54.9 Å². The molecule has 1 amide bonds. The van der Waals surface area contributed by atoms with E-state index < -0.39 is 0 Å². The van der Waals surface area contributed by atoms with E-state index in [4.69, 9.17) is 0 Å². The predicted molar refractivity (Wildman–Crippen MR) is 121 cm³/mol. The van der Waals surface area contributed by atoms with Gasteiger partial charge in [-0.3, -0.25) is 14.6 Å². The van der Waals surface area contributed by atoms with Gasteiger partial charge in [-0.25, -0.2) is 9.07 Å². The minimum atomic E-state index is -0.357. The number of benzene rings is 1. The van der Waals surface area contributed by atoms with Gasteiger partial charge in [0, 0.05) is 30.9 Å². The Balaban J connectivity index is 0.000000610. The molecule has 0 aliphatic heterocycles. The highest BCUT2D eigenvalue weighted by atomic mass is 19.1. The van der Waals surface area contributed by atoms with Crippen molar-refractivity contribution in [2.75, 3.05) is 12.0 Å². The molecule has 31 heavy (non-hydrogen) atoms. The van der Waals surface area contributed by atoms with Crippen LogP contribution < -0.4 is 16.3 Å². The molecule has 2 N–H and O–H groups in total. The van der Waals surface area contributed by atoms with Gasteiger partial charge >= 0.3 is 0 Å². The molecule has 7 heteroatoms. The zero-order chi connectivity index (χ0) is 22.2. The van der Waals surface area contributed by atoms with E-state index in [0.29, 0.717) is 34.1 Å². The molecule has 1 fully saturated rings. The van der Waals surface area contributed by atoms with E-state index in [9.17, 15) is 14.0 Å². The van der Waals surface area contributed by atoms with Gasteiger partial charge in [0.2, 0.25) is 0 Å². The Hall–Kier alpha value is -3.22. The maximum atomic E-state index is 13.3. The maximum absolute atomic E-state index is 13.3. The van der Waals surface area contributed by atoms with Crippen molar-refractivity contribution in [3.05, 3.63) is 75.7 Å². The second-order valence-corrected chi connectivity index (χ2v) is 7.66. The number of hydrogen-bond donors (Lipinski definition) is 2. The van der Waals surface area contributed by atoms with Crippen molar-refractivity contribution >= 4 is 16.7 Å². The summed E-state index contributed by atoms with van der Waals surface area (Å²) < 4.78 is 14.7. The minimum absolute atomic E-state index is 0.180. The first kappa shape index (κ1) is 22.5. The quantitative estimate of drug-likeness (QED) is 0.619. The Labute approximate surface area is 181 Å². The number of hydrogen-bond acceptors (Lipinski definition) is 4. The van der Waals surface area contributed by atoms with Gasteiger partial charge in [0.15, 0.2) is 0 Å². The third-order valence-electron chi connectivity index (χ3n) is 5.31. The Morgan fingerprint density at radius 2 is 1.90 bits per heavy atom. The van der Waals surface area contributed by atoms with Gasteiger partial charge in [-0.1, -0.05) is 44.7 Å². The molecule has 1 aliphatic rings. The third-order valence-corrected chi connectivity index (χ3v) is 5.31. The number of amides is 1. The average Bonchev–Trinajstić information content (AvgIpc) is 2.71. The van der Waals surface area contributed by atoms with Gasteiger partial charge in [-0.15, -0.1) is 0 Å². The largest absolute Gasteiger partial charge is 0.348 e. The fraction of sp³-hybridized carbons (Fsp3) is 0.375. The van der Waals surface area contributed by atoms with E-state index in [0.717, 1.165) is 6.42 Å². The van der Waals surface area contributed by atoms with Gasteiger partial charge in [0.25, 0.3) is 11.5 Å². The molecule has 6 nitrogen and oxygen atoms in total. The average molecular weight is 425 g/mol. The summed E-state index contributed by atoms with van der Waals surface area (Å²) in [5.41, 5.74) is 4.36. The zero-order valence-corrected chi connectivity index (χ0v) is 18.1. The summed E-state index contributed by atoms with van der Waals surface area (Å²) in [5, 5.41) is 3.71. The van der Waals surface area contributed by atoms with Crippen molar-refractivity contribution in [1.82, 2.24) is 15.0 Å². The zero-order valence-electron chi connectivity index (χ0n) is 18.1. The van der Waals surface area contributed by atoms with E-state index in [-0.39, 0.29) is 23.8 Å². The highest BCUT2D eigenvalue weighted by Gasteiger charge is 2.19. The highest BCUT2D eigenvalue weighted by molar-refractivity contribution is 6.07. The van der Waals surface area contributed by atoms with Gasteiger partial charge in [-0.2, -0.15) is 0 Å². The molecule has 1 aromatic carbocycles. The molecule has 0 radical (unpaired) electrons. The molecular formula is C24H29FN4O2. The lowest BCUT2D eigenvalue weighted by atomic mass is 10.0. The summed E-state index contributed by atoms with van der Waals surface area (Å²) in [4.78, 5) is 29.7. The van der Waals surface area contributed by atoms with Crippen molar-refractivity contribution in [2.45, 2.75) is 52.5 Å². The first-order valence-corrected chi connectivity index (χ1v) is 10.8. The molecule has 3 aromatic rings. The van der Waals surface area contributed by atoms with Crippen LogP contribution in [-0.2, 0) is 6.54 Å². The number of nitrogens with zero attached hydrogens (tertiary/aromatic N) is 2. The second kappa shape index (κ2) is 10.7. The molecule has 0 bridgehead atoms. The van der Waals surface area contributed by atoms with Crippen LogP contribution in [0, 0.1) is 12.7 Å². The normalized spacial score (nSPS) is 12.5. The van der Waals surface area contributed by atoms with Crippen LogP contribution in [0.3, 0.4) is 0 Å². The SMILES string of the molecule is C1CCC1.CCCNn1c(C)c(C(=O)NCc2cccc(F)c2)c2cnccc2c1=O. The molecule has 0 atom stereocenters. The second-order valence-electron chi connectivity index (χ2n) is 7.66. The summed E-state index contributed by atoms with van der Waals surface area (Å²) in [6, 6.07) is 7.65. The molecule has 2 heterocycles. The minimum Gasteiger partial charge on any atom is -0.348 e. The van der Waals surface area contributed by atoms with Crippen molar-refractivity contribution in [3.8, 4) is 0 Å². The predicted octanol–water partition coefficient (Wildman–Crippen LogP) is 4.29. The number of fused-ring (bicyclic) bond motifs is 1. The summed E-state index contributed by atoms with van der Waals surface area (Å²) >= 11 is 0.